The number of ether oxygens (including phenoxy) is 1. The predicted molar refractivity (Wildman–Crippen MR) is 116 cm³/mol. The van der Waals surface area contributed by atoms with Crippen LogP contribution in [-0.4, -0.2) is 56.4 Å². The van der Waals surface area contributed by atoms with E-state index in [4.69, 9.17) is 22.1 Å². The number of esters is 1. The quantitative estimate of drug-likeness (QED) is 0.558. The van der Waals surface area contributed by atoms with Crippen LogP contribution in [0.2, 0.25) is 0 Å². The molecule has 1 aliphatic rings. The highest BCUT2D eigenvalue weighted by atomic mass is 32.2. The molecule has 1 aromatic carbocycles. The Kier molecular flexibility index (Phi) is 6.31. The van der Waals surface area contributed by atoms with Gasteiger partial charge in [0.1, 0.15) is 5.25 Å². The topological polar surface area (TPSA) is 52.3 Å². The molecule has 0 saturated carbocycles. The van der Waals surface area contributed by atoms with E-state index in [1.807, 2.05) is 16.3 Å². The summed E-state index contributed by atoms with van der Waals surface area (Å²) in [7, 11) is 3.38. The van der Waals surface area contributed by atoms with Crippen molar-refractivity contribution in [2.75, 3.05) is 26.0 Å². The van der Waals surface area contributed by atoms with Gasteiger partial charge >= 0.3 is 5.97 Å². The molecule has 2 aromatic rings. The summed E-state index contributed by atoms with van der Waals surface area (Å²) in [6.45, 7) is 8.72. The van der Waals surface area contributed by atoms with Crippen LogP contribution in [0.1, 0.15) is 26.3 Å². The van der Waals surface area contributed by atoms with Gasteiger partial charge in [-0.2, -0.15) is 5.10 Å². The number of methoxy groups -OCH3 is 1. The van der Waals surface area contributed by atoms with Crippen molar-refractivity contribution >= 4 is 29.9 Å². The minimum atomic E-state index is -0.168. The number of hydrogen-bond acceptors (Lipinski definition) is 6. The lowest BCUT2D eigenvalue weighted by molar-refractivity contribution is -0.140. The van der Waals surface area contributed by atoms with Gasteiger partial charge in [-0.15, -0.1) is 11.8 Å². The molecule has 1 fully saturated rings. The number of benzene rings is 1. The van der Waals surface area contributed by atoms with Gasteiger partial charge in [0, 0.05) is 31.5 Å². The highest BCUT2D eigenvalue weighted by molar-refractivity contribution is 8.00. The maximum absolute atomic E-state index is 11.9. The molecular weight excluding hydrogens is 392 g/mol. The molecule has 8 heteroatoms. The molecule has 0 aliphatic carbocycles. The van der Waals surface area contributed by atoms with Crippen LogP contribution in [0.15, 0.2) is 24.3 Å². The van der Waals surface area contributed by atoms with Crippen LogP contribution in [-0.2, 0) is 28.7 Å². The molecule has 3 rings (SSSR count). The first-order chi connectivity index (χ1) is 13.2. The maximum Gasteiger partial charge on any atom is 0.320 e. The van der Waals surface area contributed by atoms with Crippen LogP contribution in [0.3, 0.4) is 0 Å². The Morgan fingerprint density at radius 3 is 2.61 bits per heavy atom. The molecule has 1 aromatic heterocycles. The van der Waals surface area contributed by atoms with E-state index >= 15 is 0 Å². The summed E-state index contributed by atoms with van der Waals surface area (Å²) >= 11 is 7.26. The average molecular weight is 421 g/mol. The summed E-state index contributed by atoms with van der Waals surface area (Å²) in [4.78, 5) is 14.1. The van der Waals surface area contributed by atoms with Crippen molar-refractivity contribution in [2.24, 2.45) is 7.05 Å². The van der Waals surface area contributed by atoms with Crippen molar-refractivity contribution in [2.45, 2.75) is 38.1 Å². The van der Waals surface area contributed by atoms with E-state index in [9.17, 15) is 4.79 Å². The van der Waals surface area contributed by atoms with Crippen molar-refractivity contribution in [1.82, 2.24) is 19.2 Å². The smallest absolute Gasteiger partial charge is 0.320 e. The molecule has 0 N–H and O–H groups in total. The van der Waals surface area contributed by atoms with Crippen molar-refractivity contribution < 1.29 is 9.53 Å². The molecule has 1 atom stereocenters. The largest absolute Gasteiger partial charge is 0.468 e. The van der Waals surface area contributed by atoms with Crippen molar-refractivity contribution in [3.63, 3.8) is 0 Å². The van der Waals surface area contributed by atoms with Crippen LogP contribution in [0.4, 0.5) is 0 Å². The number of carbonyl (C=O) groups is 1. The normalized spacial score (nSPS) is 18.2. The molecule has 2 heterocycles. The Labute approximate surface area is 175 Å². The maximum atomic E-state index is 11.9. The number of rotatable bonds is 4. The van der Waals surface area contributed by atoms with Crippen LogP contribution < -0.4 is 0 Å². The van der Waals surface area contributed by atoms with E-state index in [2.05, 4.69) is 49.9 Å². The van der Waals surface area contributed by atoms with Gasteiger partial charge in [-0.3, -0.25) is 9.69 Å². The summed E-state index contributed by atoms with van der Waals surface area (Å²) in [5, 5.41) is 4.61. The summed E-state index contributed by atoms with van der Waals surface area (Å²) in [5.74, 6) is 1.57. The zero-order valence-electron chi connectivity index (χ0n) is 17.1. The monoisotopic (exact) mass is 420 g/mol. The third-order valence-electron chi connectivity index (χ3n) is 5.00. The van der Waals surface area contributed by atoms with Crippen molar-refractivity contribution in [1.29, 1.82) is 0 Å². The lowest BCUT2D eigenvalue weighted by atomic mass is 9.87. The van der Waals surface area contributed by atoms with E-state index in [0.717, 1.165) is 23.7 Å². The lowest BCUT2D eigenvalue weighted by Crippen LogP contribution is -2.42. The first kappa shape index (κ1) is 21.1. The predicted octanol–water partition coefficient (Wildman–Crippen LogP) is 3.46. The van der Waals surface area contributed by atoms with Crippen molar-refractivity contribution in [3.8, 4) is 11.4 Å². The van der Waals surface area contributed by atoms with Crippen LogP contribution in [0, 0.1) is 4.77 Å². The lowest BCUT2D eigenvalue weighted by Gasteiger charge is -2.30. The van der Waals surface area contributed by atoms with Gasteiger partial charge in [0.05, 0.1) is 13.8 Å². The fourth-order valence-corrected chi connectivity index (χ4v) is 4.63. The van der Waals surface area contributed by atoms with Crippen molar-refractivity contribution in [3.05, 3.63) is 34.6 Å². The zero-order valence-corrected chi connectivity index (χ0v) is 18.8. The second-order valence-corrected chi connectivity index (χ2v) is 9.77. The van der Waals surface area contributed by atoms with E-state index in [1.165, 1.54) is 12.7 Å². The van der Waals surface area contributed by atoms with Gasteiger partial charge < -0.3 is 9.30 Å². The standard InChI is InChI=1S/C20H28N4O2S2/c1-20(2,3)15-8-6-14(7-9-15)17-21-24(19(27)22(17)4)13-23-10-11-28-16(12-23)18(25)26-5/h6-9,16H,10-13H2,1-5H3/t16-/m1/s1. The Morgan fingerprint density at radius 1 is 1.32 bits per heavy atom. The van der Waals surface area contributed by atoms with E-state index < -0.39 is 0 Å². The highest BCUT2D eigenvalue weighted by Gasteiger charge is 2.27. The number of aromatic nitrogens is 3. The molecule has 1 saturated heterocycles. The fourth-order valence-electron chi connectivity index (χ4n) is 3.25. The van der Waals surface area contributed by atoms with Crippen LogP contribution >= 0.6 is 24.0 Å². The molecule has 0 bridgehead atoms. The summed E-state index contributed by atoms with van der Waals surface area (Å²) in [5.41, 5.74) is 2.45. The number of hydrogen-bond donors (Lipinski definition) is 0. The Morgan fingerprint density at radius 2 is 2.00 bits per heavy atom. The first-order valence-corrected chi connectivity index (χ1v) is 10.8. The molecule has 28 heavy (non-hydrogen) atoms. The molecule has 0 radical (unpaired) electrons. The van der Waals surface area contributed by atoms with Crippen LogP contribution in [0.25, 0.3) is 11.4 Å². The Bertz CT molecular complexity index is 896. The van der Waals surface area contributed by atoms with Gasteiger partial charge in [0.2, 0.25) is 0 Å². The summed E-state index contributed by atoms with van der Waals surface area (Å²) < 4.78 is 9.34. The molecule has 152 valence electrons. The molecule has 0 amide bonds. The summed E-state index contributed by atoms with van der Waals surface area (Å²) in [6.07, 6.45) is 0. The number of thioether (sulfide) groups is 1. The third-order valence-corrected chi connectivity index (χ3v) is 6.65. The number of carbonyl (C=O) groups excluding carboxylic acids is 1. The van der Waals surface area contributed by atoms with E-state index in [1.54, 1.807) is 11.8 Å². The zero-order chi connectivity index (χ0) is 20.5. The minimum absolute atomic E-state index is 0.117. The molecule has 0 unspecified atom stereocenters. The minimum Gasteiger partial charge on any atom is -0.468 e. The van der Waals surface area contributed by atoms with E-state index in [0.29, 0.717) is 18.0 Å². The average Bonchev–Trinajstić information content (AvgIpc) is 2.95. The second-order valence-electron chi connectivity index (χ2n) is 8.09. The second kappa shape index (κ2) is 8.39. The van der Waals surface area contributed by atoms with Gasteiger partial charge in [-0.1, -0.05) is 45.0 Å². The molecular formula is C20H28N4O2S2. The van der Waals surface area contributed by atoms with Gasteiger partial charge in [-0.25, -0.2) is 4.68 Å². The van der Waals surface area contributed by atoms with Gasteiger partial charge in [0.25, 0.3) is 0 Å². The fraction of sp³-hybridized carbons (Fsp3) is 0.550. The van der Waals surface area contributed by atoms with Gasteiger partial charge in [-0.05, 0) is 23.2 Å². The summed E-state index contributed by atoms with van der Waals surface area (Å²) in [6, 6.07) is 8.51. The van der Waals surface area contributed by atoms with Gasteiger partial charge in [0.15, 0.2) is 10.6 Å². The highest BCUT2D eigenvalue weighted by Crippen LogP contribution is 2.26. The molecule has 6 nitrogen and oxygen atoms in total. The Hall–Kier alpha value is -1.64. The van der Waals surface area contributed by atoms with E-state index in [-0.39, 0.29) is 16.6 Å². The number of nitrogens with zero attached hydrogens (tertiary/aromatic N) is 4. The Balaban J connectivity index is 1.80. The molecule has 0 spiro atoms. The first-order valence-electron chi connectivity index (χ1n) is 9.37. The molecule has 1 aliphatic heterocycles. The SMILES string of the molecule is COC(=O)[C@H]1CN(Cn2nc(-c3ccc(C(C)(C)C)cc3)n(C)c2=S)CCS1. The third kappa shape index (κ3) is 4.50. The van der Waals surface area contributed by atoms with Crippen LogP contribution in [0.5, 0.6) is 0 Å².